The first-order chi connectivity index (χ1) is 6.11. The van der Waals surface area contributed by atoms with Gasteiger partial charge in [0.15, 0.2) is 0 Å². The van der Waals surface area contributed by atoms with Crippen LogP contribution < -0.4 is 0 Å². The molecule has 0 fully saturated rings. The highest BCUT2D eigenvalue weighted by Crippen LogP contribution is 2.26. The molecule has 0 unspecified atom stereocenters. The lowest BCUT2D eigenvalue weighted by Crippen LogP contribution is -2.03. The van der Waals surface area contributed by atoms with Gasteiger partial charge in [-0.3, -0.25) is 10.1 Å². The molecule has 0 radical (unpaired) electrons. The normalized spacial score (nSPS) is 9.92. The molecule has 4 nitrogen and oxygen atoms in total. The molecule has 1 aromatic rings. The number of benzene rings is 1. The van der Waals surface area contributed by atoms with E-state index in [0.29, 0.717) is 5.56 Å². The molecule has 1 rings (SSSR count). The molecule has 0 aromatic heterocycles. The van der Waals surface area contributed by atoms with Gasteiger partial charge in [0.2, 0.25) is 6.54 Å². The van der Waals surface area contributed by atoms with E-state index in [9.17, 15) is 15.2 Å². The molecule has 13 heavy (non-hydrogen) atoms. The Labute approximate surface area is 79.9 Å². The van der Waals surface area contributed by atoms with E-state index in [1.54, 1.807) is 12.1 Å². The van der Waals surface area contributed by atoms with Crippen molar-refractivity contribution in [2.75, 3.05) is 6.54 Å². The molecule has 70 valence electrons. The van der Waals surface area contributed by atoms with Crippen molar-refractivity contribution in [2.45, 2.75) is 6.42 Å². The second kappa shape index (κ2) is 4.09. The van der Waals surface area contributed by atoms with Crippen molar-refractivity contribution in [3.05, 3.63) is 38.9 Å². The summed E-state index contributed by atoms with van der Waals surface area (Å²) in [4.78, 5) is 9.63. The second-order valence-electron chi connectivity index (χ2n) is 2.55. The average molecular weight is 202 g/mol. The predicted molar refractivity (Wildman–Crippen MR) is 48.7 cm³/mol. The Balaban J connectivity index is 2.77. The third kappa shape index (κ3) is 2.59. The molecule has 0 spiro atoms. The fourth-order valence-corrected chi connectivity index (χ4v) is 1.17. The number of hydrogen-bond donors (Lipinski definition) is 1. The second-order valence-corrected chi connectivity index (χ2v) is 2.96. The van der Waals surface area contributed by atoms with Gasteiger partial charge in [0.1, 0.15) is 5.75 Å². The molecule has 5 heteroatoms. The monoisotopic (exact) mass is 201 g/mol. The average Bonchev–Trinajstić information content (AvgIpc) is 2.07. The van der Waals surface area contributed by atoms with Gasteiger partial charge in [-0.2, -0.15) is 0 Å². The first-order valence-electron chi connectivity index (χ1n) is 3.69. The largest absolute Gasteiger partial charge is 0.506 e. The van der Waals surface area contributed by atoms with Crippen LogP contribution in [0.5, 0.6) is 5.75 Å². The van der Waals surface area contributed by atoms with E-state index in [2.05, 4.69) is 0 Å². The topological polar surface area (TPSA) is 63.4 Å². The summed E-state index contributed by atoms with van der Waals surface area (Å²) in [5.74, 6) is -0.0639. The minimum atomic E-state index is -0.430. The quantitative estimate of drug-likeness (QED) is 0.600. The standard InChI is InChI=1S/C8H8ClNO3/c9-7-3-1-2-6(8(7)11)4-5-10(12)13/h1-3,11H,4-5H2. The van der Waals surface area contributed by atoms with E-state index in [1.807, 2.05) is 0 Å². The van der Waals surface area contributed by atoms with Gasteiger partial charge in [0.05, 0.1) is 5.02 Å². The summed E-state index contributed by atoms with van der Waals surface area (Å²) in [5.41, 5.74) is 0.504. The van der Waals surface area contributed by atoms with Gasteiger partial charge in [-0.25, -0.2) is 0 Å². The van der Waals surface area contributed by atoms with Crippen molar-refractivity contribution in [3.8, 4) is 5.75 Å². The Morgan fingerprint density at radius 2 is 2.23 bits per heavy atom. The van der Waals surface area contributed by atoms with Crippen LogP contribution in [0.25, 0.3) is 0 Å². The smallest absolute Gasteiger partial charge is 0.208 e. The molecule has 1 N–H and O–H groups in total. The molecule has 0 aliphatic heterocycles. The summed E-state index contributed by atoms with van der Waals surface area (Å²) in [6, 6.07) is 4.80. The number of phenols is 1. The Kier molecular flexibility index (Phi) is 3.08. The van der Waals surface area contributed by atoms with Crippen LogP contribution in [0.15, 0.2) is 18.2 Å². The molecule has 0 bridgehead atoms. The Bertz CT molecular complexity index is 327. The minimum Gasteiger partial charge on any atom is -0.506 e. The summed E-state index contributed by atoms with van der Waals surface area (Å²) in [5, 5.41) is 19.6. The molecule has 0 saturated heterocycles. The van der Waals surface area contributed by atoms with Crippen LogP contribution in [0, 0.1) is 10.1 Å². The molecule has 0 aliphatic rings. The van der Waals surface area contributed by atoms with Crippen LogP contribution in [0.4, 0.5) is 0 Å². The molecular weight excluding hydrogens is 194 g/mol. The molecule has 0 atom stereocenters. The number of rotatable bonds is 3. The molecular formula is C8H8ClNO3. The summed E-state index contributed by atoms with van der Waals surface area (Å²) < 4.78 is 0. The molecule has 0 amide bonds. The maximum absolute atomic E-state index is 10.1. The van der Waals surface area contributed by atoms with Gasteiger partial charge in [-0.05, 0) is 6.07 Å². The van der Waals surface area contributed by atoms with E-state index in [-0.39, 0.29) is 23.7 Å². The van der Waals surface area contributed by atoms with Crippen molar-refractivity contribution in [1.82, 2.24) is 0 Å². The van der Waals surface area contributed by atoms with E-state index < -0.39 is 4.92 Å². The summed E-state index contributed by atoms with van der Waals surface area (Å²) in [7, 11) is 0. The van der Waals surface area contributed by atoms with Crippen LogP contribution in [0.2, 0.25) is 5.02 Å². The first-order valence-corrected chi connectivity index (χ1v) is 4.07. The van der Waals surface area contributed by atoms with E-state index in [1.165, 1.54) is 6.07 Å². The zero-order valence-electron chi connectivity index (χ0n) is 6.74. The van der Waals surface area contributed by atoms with Crippen LogP contribution in [-0.4, -0.2) is 16.6 Å². The Morgan fingerprint density at radius 1 is 1.54 bits per heavy atom. The molecule has 0 aliphatic carbocycles. The third-order valence-electron chi connectivity index (χ3n) is 1.63. The van der Waals surface area contributed by atoms with Gasteiger partial charge >= 0.3 is 0 Å². The van der Waals surface area contributed by atoms with E-state index >= 15 is 0 Å². The number of nitrogens with zero attached hydrogens (tertiary/aromatic N) is 1. The maximum atomic E-state index is 10.1. The number of para-hydroxylation sites is 1. The maximum Gasteiger partial charge on any atom is 0.208 e. The highest BCUT2D eigenvalue weighted by Gasteiger charge is 2.07. The van der Waals surface area contributed by atoms with Crippen molar-refractivity contribution >= 4 is 11.6 Å². The highest BCUT2D eigenvalue weighted by atomic mass is 35.5. The molecule has 0 saturated carbocycles. The van der Waals surface area contributed by atoms with Crippen molar-refractivity contribution in [1.29, 1.82) is 0 Å². The summed E-state index contributed by atoms with van der Waals surface area (Å²) in [6.07, 6.45) is 0.194. The van der Waals surface area contributed by atoms with Crippen LogP contribution in [0.3, 0.4) is 0 Å². The van der Waals surface area contributed by atoms with Gasteiger partial charge in [-0.15, -0.1) is 0 Å². The SMILES string of the molecule is O=[N+]([O-])CCc1cccc(Cl)c1O. The number of aromatic hydroxyl groups is 1. The van der Waals surface area contributed by atoms with Gasteiger partial charge < -0.3 is 5.11 Å². The number of halogens is 1. The summed E-state index contributed by atoms with van der Waals surface area (Å²) >= 11 is 5.61. The highest BCUT2D eigenvalue weighted by molar-refractivity contribution is 6.32. The van der Waals surface area contributed by atoms with Crippen LogP contribution >= 0.6 is 11.6 Å². The van der Waals surface area contributed by atoms with Gasteiger partial charge in [-0.1, -0.05) is 23.7 Å². The number of hydrogen-bond acceptors (Lipinski definition) is 3. The van der Waals surface area contributed by atoms with Gasteiger partial charge in [0.25, 0.3) is 0 Å². The fourth-order valence-electron chi connectivity index (χ4n) is 0.973. The third-order valence-corrected chi connectivity index (χ3v) is 1.94. The van der Waals surface area contributed by atoms with Crippen LogP contribution in [0.1, 0.15) is 5.56 Å². The van der Waals surface area contributed by atoms with Crippen molar-refractivity contribution in [2.24, 2.45) is 0 Å². The van der Waals surface area contributed by atoms with E-state index in [4.69, 9.17) is 11.6 Å². The summed E-state index contributed by atoms with van der Waals surface area (Å²) in [6.45, 7) is -0.200. The number of nitro groups is 1. The van der Waals surface area contributed by atoms with E-state index in [0.717, 1.165) is 0 Å². The molecule has 1 aromatic carbocycles. The lowest BCUT2D eigenvalue weighted by atomic mass is 10.1. The van der Waals surface area contributed by atoms with Crippen molar-refractivity contribution in [3.63, 3.8) is 0 Å². The lowest BCUT2D eigenvalue weighted by Gasteiger charge is -2.02. The fraction of sp³-hybridized carbons (Fsp3) is 0.250. The number of phenolic OH excluding ortho intramolecular Hbond substituents is 1. The Hall–Kier alpha value is -1.29. The van der Waals surface area contributed by atoms with Gasteiger partial charge in [0, 0.05) is 16.9 Å². The molecule has 0 heterocycles. The van der Waals surface area contributed by atoms with Crippen LogP contribution in [-0.2, 0) is 6.42 Å². The first kappa shape index (κ1) is 9.80. The Morgan fingerprint density at radius 3 is 2.85 bits per heavy atom. The zero-order valence-corrected chi connectivity index (χ0v) is 7.49. The predicted octanol–water partition coefficient (Wildman–Crippen LogP) is 1.86. The van der Waals surface area contributed by atoms with Crippen molar-refractivity contribution < 1.29 is 10.0 Å². The lowest BCUT2D eigenvalue weighted by molar-refractivity contribution is -0.479. The zero-order chi connectivity index (χ0) is 9.84. The minimum absolute atomic E-state index is 0.0639.